The molecule has 5 atom stereocenters. The van der Waals surface area contributed by atoms with Crippen LogP contribution in [-0.4, -0.2) is 77.3 Å². The summed E-state index contributed by atoms with van der Waals surface area (Å²) in [6.07, 6.45) is 4.26. The second-order valence-corrected chi connectivity index (χ2v) is 9.04. The average Bonchev–Trinajstić information content (AvgIpc) is 2.77. The van der Waals surface area contributed by atoms with Crippen LogP contribution in [0.1, 0.15) is 46.0 Å². The molecule has 0 aromatic carbocycles. The minimum absolute atomic E-state index is 0.126. The first-order valence-electron chi connectivity index (χ1n) is 10.8. The molecule has 186 valence electrons. The van der Waals surface area contributed by atoms with Gasteiger partial charge in [0.15, 0.2) is 0 Å². The Morgan fingerprint density at radius 1 is 1.00 bits per heavy atom. The number of thiol groups is 1. The van der Waals surface area contributed by atoms with Crippen LogP contribution < -0.4 is 27.4 Å². The molecule has 0 saturated heterocycles. The summed E-state index contributed by atoms with van der Waals surface area (Å²) in [7, 11) is 0. The molecule has 0 rings (SSSR count). The van der Waals surface area contributed by atoms with Crippen LogP contribution in [-0.2, 0) is 19.2 Å². The van der Waals surface area contributed by atoms with E-state index in [1.54, 1.807) is 6.92 Å². The highest BCUT2D eigenvalue weighted by atomic mass is 32.2. The molecule has 0 spiro atoms. The zero-order valence-corrected chi connectivity index (χ0v) is 20.8. The number of carboxylic acids is 1. The van der Waals surface area contributed by atoms with Gasteiger partial charge >= 0.3 is 5.97 Å². The van der Waals surface area contributed by atoms with Crippen molar-refractivity contribution in [1.29, 1.82) is 0 Å². The van der Waals surface area contributed by atoms with E-state index in [1.165, 1.54) is 11.8 Å². The molecule has 32 heavy (non-hydrogen) atoms. The SMILES string of the molecule is CCC(C)C(NC(=O)C(CCSC)NC(=O)C(N)CS)C(=O)NC(CCCCN)C(=O)O. The fourth-order valence-electron chi connectivity index (χ4n) is 2.83. The maximum absolute atomic E-state index is 13.0. The van der Waals surface area contributed by atoms with E-state index in [1.807, 2.05) is 13.2 Å². The second-order valence-electron chi connectivity index (χ2n) is 7.69. The normalized spacial score (nSPS) is 15.7. The highest BCUT2D eigenvalue weighted by Crippen LogP contribution is 2.11. The van der Waals surface area contributed by atoms with Crippen LogP contribution in [0.2, 0.25) is 0 Å². The lowest BCUT2D eigenvalue weighted by molar-refractivity contribution is -0.143. The Morgan fingerprint density at radius 3 is 2.12 bits per heavy atom. The van der Waals surface area contributed by atoms with Crippen LogP contribution in [0.25, 0.3) is 0 Å². The number of rotatable bonds is 17. The second kappa shape index (κ2) is 17.0. The predicted molar refractivity (Wildman–Crippen MR) is 131 cm³/mol. The van der Waals surface area contributed by atoms with Crippen molar-refractivity contribution in [3.8, 4) is 0 Å². The standard InChI is InChI=1S/C20H39N5O5S2/c1-4-12(2)16(19(28)24-15(20(29)30)7-5-6-9-21)25-18(27)14(8-10-32-3)23-17(26)13(22)11-31/h12-16,31H,4-11,21-22H2,1-3H3,(H,23,26)(H,24,28)(H,25,27)(H,29,30). The van der Waals surface area contributed by atoms with Crippen LogP contribution in [0.5, 0.6) is 0 Å². The molecule has 0 aliphatic carbocycles. The number of carboxylic acid groups (broad SMARTS) is 1. The predicted octanol–water partition coefficient (Wildman–Crippen LogP) is -0.289. The molecular formula is C20H39N5O5S2. The van der Waals surface area contributed by atoms with Gasteiger partial charge in [0.05, 0.1) is 6.04 Å². The summed E-state index contributed by atoms with van der Waals surface area (Å²) in [6.45, 7) is 4.10. The van der Waals surface area contributed by atoms with Crippen molar-refractivity contribution in [2.45, 2.75) is 70.1 Å². The van der Waals surface area contributed by atoms with Crippen molar-refractivity contribution in [1.82, 2.24) is 16.0 Å². The average molecular weight is 494 g/mol. The van der Waals surface area contributed by atoms with E-state index in [2.05, 4.69) is 28.6 Å². The first-order valence-corrected chi connectivity index (χ1v) is 12.8. The van der Waals surface area contributed by atoms with Crippen LogP contribution >= 0.6 is 24.4 Å². The van der Waals surface area contributed by atoms with Gasteiger partial charge in [-0.2, -0.15) is 24.4 Å². The number of hydrogen-bond donors (Lipinski definition) is 7. The molecular weight excluding hydrogens is 454 g/mol. The summed E-state index contributed by atoms with van der Waals surface area (Å²) in [4.78, 5) is 49.6. The molecule has 0 heterocycles. The van der Waals surface area contributed by atoms with Crippen LogP contribution in [0.3, 0.4) is 0 Å². The van der Waals surface area contributed by atoms with Crippen molar-refractivity contribution < 1.29 is 24.3 Å². The number of hydrogen-bond acceptors (Lipinski definition) is 8. The summed E-state index contributed by atoms with van der Waals surface area (Å²) >= 11 is 5.52. The molecule has 0 bridgehead atoms. The summed E-state index contributed by atoms with van der Waals surface area (Å²) in [5.41, 5.74) is 11.1. The Labute approximate surface area is 200 Å². The molecule has 0 aliphatic rings. The Kier molecular flexibility index (Phi) is 16.2. The molecule has 0 saturated carbocycles. The number of aliphatic carboxylic acids is 1. The Balaban J connectivity index is 5.40. The lowest BCUT2D eigenvalue weighted by Crippen LogP contribution is -2.58. The number of amides is 3. The van der Waals surface area contributed by atoms with Gasteiger partial charge in [-0.25, -0.2) is 4.79 Å². The maximum Gasteiger partial charge on any atom is 0.326 e. The van der Waals surface area contributed by atoms with Crippen molar-refractivity contribution in [2.75, 3.05) is 24.3 Å². The monoisotopic (exact) mass is 493 g/mol. The Hall–Kier alpha value is -1.50. The number of carbonyl (C=O) groups excluding carboxylic acids is 3. The minimum atomic E-state index is -1.14. The number of nitrogens with two attached hydrogens (primary N) is 2. The molecule has 0 fully saturated rings. The minimum Gasteiger partial charge on any atom is -0.480 e. The molecule has 3 amide bonds. The van der Waals surface area contributed by atoms with E-state index in [4.69, 9.17) is 11.5 Å². The summed E-state index contributed by atoms with van der Waals surface area (Å²) in [5, 5.41) is 17.3. The fraction of sp³-hybridized carbons (Fsp3) is 0.800. The van der Waals surface area contributed by atoms with Crippen LogP contribution in [0.15, 0.2) is 0 Å². The molecule has 12 heteroatoms. The van der Waals surface area contributed by atoms with Crippen LogP contribution in [0.4, 0.5) is 0 Å². The Bertz CT molecular complexity index is 611. The fourth-order valence-corrected chi connectivity index (χ4v) is 3.47. The van der Waals surface area contributed by atoms with Crippen molar-refractivity contribution in [3.63, 3.8) is 0 Å². The number of carbonyl (C=O) groups is 4. The molecule has 0 aromatic rings. The quantitative estimate of drug-likeness (QED) is 0.107. The summed E-state index contributed by atoms with van der Waals surface area (Å²) in [5.74, 6) is -2.26. The van der Waals surface area contributed by atoms with Gasteiger partial charge in [0.1, 0.15) is 18.1 Å². The highest BCUT2D eigenvalue weighted by Gasteiger charge is 2.32. The Morgan fingerprint density at radius 2 is 1.62 bits per heavy atom. The first-order chi connectivity index (χ1) is 15.1. The van der Waals surface area contributed by atoms with E-state index >= 15 is 0 Å². The number of unbranched alkanes of at least 4 members (excludes halogenated alkanes) is 1. The van der Waals surface area contributed by atoms with Gasteiger partial charge < -0.3 is 32.5 Å². The zero-order chi connectivity index (χ0) is 24.7. The van der Waals surface area contributed by atoms with E-state index in [0.29, 0.717) is 38.0 Å². The van der Waals surface area contributed by atoms with E-state index < -0.39 is 47.9 Å². The van der Waals surface area contributed by atoms with Gasteiger partial charge in [0, 0.05) is 5.75 Å². The van der Waals surface area contributed by atoms with Crippen LogP contribution in [0, 0.1) is 5.92 Å². The third-order valence-corrected chi connectivity index (χ3v) is 6.17. The third-order valence-electron chi connectivity index (χ3n) is 5.13. The van der Waals surface area contributed by atoms with Crippen molar-refractivity contribution in [3.05, 3.63) is 0 Å². The van der Waals surface area contributed by atoms with E-state index in [9.17, 15) is 24.3 Å². The third kappa shape index (κ3) is 11.4. The van der Waals surface area contributed by atoms with Crippen molar-refractivity contribution >= 4 is 48.1 Å². The molecule has 5 unspecified atom stereocenters. The van der Waals surface area contributed by atoms with Gasteiger partial charge in [0.2, 0.25) is 17.7 Å². The number of nitrogens with one attached hydrogen (secondary N) is 3. The lowest BCUT2D eigenvalue weighted by Gasteiger charge is -2.28. The molecule has 0 aromatic heterocycles. The van der Waals surface area contributed by atoms with Crippen molar-refractivity contribution in [2.24, 2.45) is 17.4 Å². The van der Waals surface area contributed by atoms with Gasteiger partial charge in [-0.05, 0) is 50.2 Å². The van der Waals surface area contributed by atoms with E-state index in [-0.39, 0.29) is 18.1 Å². The smallest absolute Gasteiger partial charge is 0.326 e. The summed E-state index contributed by atoms with van der Waals surface area (Å²) < 4.78 is 0. The summed E-state index contributed by atoms with van der Waals surface area (Å²) in [6, 6.07) is -3.75. The topological polar surface area (TPSA) is 177 Å². The van der Waals surface area contributed by atoms with Gasteiger partial charge in [-0.15, -0.1) is 0 Å². The zero-order valence-electron chi connectivity index (χ0n) is 19.1. The molecule has 8 N–H and O–H groups in total. The molecule has 10 nitrogen and oxygen atoms in total. The maximum atomic E-state index is 13.0. The van der Waals surface area contributed by atoms with E-state index in [0.717, 1.165) is 0 Å². The van der Waals surface area contributed by atoms with Gasteiger partial charge in [-0.1, -0.05) is 20.3 Å². The number of thioether (sulfide) groups is 1. The molecule has 0 aliphatic heterocycles. The molecule has 0 radical (unpaired) electrons. The first kappa shape index (κ1) is 30.5. The highest BCUT2D eigenvalue weighted by molar-refractivity contribution is 7.98. The van der Waals surface area contributed by atoms with Gasteiger partial charge in [0.25, 0.3) is 0 Å². The van der Waals surface area contributed by atoms with Gasteiger partial charge in [-0.3, -0.25) is 14.4 Å². The largest absolute Gasteiger partial charge is 0.480 e. The lowest BCUT2D eigenvalue weighted by atomic mass is 9.97.